The molecule has 0 aromatic carbocycles. The molecule has 0 radical (unpaired) electrons. The zero-order valence-electron chi connectivity index (χ0n) is 11.6. The van der Waals surface area contributed by atoms with E-state index in [4.69, 9.17) is 34.7 Å². The van der Waals surface area contributed by atoms with Crippen LogP contribution in [0.3, 0.4) is 0 Å². The Morgan fingerprint density at radius 3 is 1.05 bits per heavy atom. The normalized spacial score (nSPS) is 8.15. The van der Waals surface area contributed by atoms with Crippen molar-refractivity contribution in [3.63, 3.8) is 0 Å². The van der Waals surface area contributed by atoms with Crippen molar-refractivity contribution in [3.8, 4) is 0 Å². The molecule has 0 rings (SSSR count). The molecule has 118 valence electrons. The van der Waals surface area contributed by atoms with Gasteiger partial charge in [0.15, 0.2) is 0 Å². The predicted octanol–water partition coefficient (Wildman–Crippen LogP) is -5.82. The molecule has 0 atom stereocenters. The van der Waals surface area contributed by atoms with Crippen molar-refractivity contribution in [2.45, 2.75) is 13.3 Å². The Hall–Kier alpha value is 0.252. The summed E-state index contributed by atoms with van der Waals surface area (Å²) >= 11 is 0. The van der Waals surface area contributed by atoms with Gasteiger partial charge in [0, 0.05) is 0 Å². The second-order valence-corrected chi connectivity index (χ2v) is 3.79. The topological polar surface area (TPSA) is 176 Å². The molecule has 0 bridgehead atoms. The standard InChI is InChI=1S/C3H8O3S.3BFH2O2.Li.H/c1-2-3-7(4,5)6;3*2-1(3)4;;/h2-3H2,1H3,(H,4,5,6);3*3-4H;;/q;;;;+1;-1. The van der Waals surface area contributed by atoms with Crippen LogP contribution < -0.4 is 18.9 Å². The number of hydrogen-bond donors (Lipinski definition) is 7. The zero-order chi connectivity index (χ0) is 16.6. The molecule has 20 heavy (non-hydrogen) atoms. The van der Waals surface area contributed by atoms with E-state index in [0.717, 1.165) is 0 Å². The average molecular weight is 324 g/mol. The quantitative estimate of drug-likeness (QED) is 0.193. The molecule has 0 saturated heterocycles. The molecule has 0 aromatic rings. The molecule has 7 N–H and O–H groups in total. The van der Waals surface area contributed by atoms with Gasteiger partial charge in [-0.1, -0.05) is 6.92 Å². The molecule has 0 fully saturated rings. The maximum absolute atomic E-state index is 10.1. The van der Waals surface area contributed by atoms with Gasteiger partial charge in [-0.25, -0.2) is 0 Å². The van der Waals surface area contributed by atoms with E-state index in [1.54, 1.807) is 6.92 Å². The Labute approximate surface area is 128 Å². The van der Waals surface area contributed by atoms with E-state index >= 15 is 0 Å². The van der Waals surface area contributed by atoms with Crippen molar-refractivity contribution in [1.82, 2.24) is 0 Å². The zero-order valence-corrected chi connectivity index (χ0v) is 11.5. The maximum atomic E-state index is 10.1. The molecule has 0 aromatic heterocycles. The number of halogens is 3. The van der Waals surface area contributed by atoms with Crippen LogP contribution >= 0.6 is 0 Å². The molecular weight excluding hydrogens is 308 g/mol. The van der Waals surface area contributed by atoms with Crippen molar-refractivity contribution in [2.24, 2.45) is 0 Å². The van der Waals surface area contributed by atoms with Gasteiger partial charge in [0.1, 0.15) is 0 Å². The SMILES string of the molecule is CCCS(=O)(=O)O.OB(O)F.OB(O)F.OB(O)F.[H-].[Li+]. The minimum atomic E-state index is -3.67. The van der Waals surface area contributed by atoms with Gasteiger partial charge in [0.25, 0.3) is 10.1 Å². The summed E-state index contributed by atoms with van der Waals surface area (Å²) in [5, 5.41) is 41.7. The fourth-order valence-corrected chi connectivity index (χ4v) is 0.774. The van der Waals surface area contributed by atoms with Crippen LogP contribution in [0.25, 0.3) is 0 Å². The molecule has 0 aliphatic rings. The van der Waals surface area contributed by atoms with E-state index in [2.05, 4.69) is 0 Å². The molecule has 0 amide bonds. The van der Waals surface area contributed by atoms with Gasteiger partial charge in [-0.3, -0.25) is 17.5 Å². The summed E-state index contributed by atoms with van der Waals surface area (Å²) in [4.78, 5) is 0. The minimum absolute atomic E-state index is 0. The van der Waals surface area contributed by atoms with E-state index in [-0.39, 0.29) is 26.0 Å². The summed E-state index contributed by atoms with van der Waals surface area (Å²) in [7, 11) is -11.7. The van der Waals surface area contributed by atoms with Crippen LogP contribution in [0.15, 0.2) is 0 Å². The van der Waals surface area contributed by atoms with Crippen molar-refractivity contribution >= 4 is 32.3 Å². The Morgan fingerprint density at radius 1 is 0.900 bits per heavy atom. The van der Waals surface area contributed by atoms with Gasteiger partial charge in [-0.2, -0.15) is 8.42 Å². The molecule has 0 saturated carbocycles. The van der Waals surface area contributed by atoms with Gasteiger partial charge >= 0.3 is 41.0 Å². The first-order chi connectivity index (χ1) is 8.26. The first kappa shape index (κ1) is 32.3. The van der Waals surface area contributed by atoms with E-state index in [1.807, 2.05) is 0 Å². The average Bonchev–Trinajstić information content (AvgIpc) is 1.96. The van der Waals surface area contributed by atoms with Crippen LogP contribution in [0.2, 0.25) is 0 Å². The van der Waals surface area contributed by atoms with Crippen molar-refractivity contribution in [1.29, 1.82) is 0 Å². The molecular formula is C3H15B3F3LiO9S. The van der Waals surface area contributed by atoms with Crippen LogP contribution in [-0.4, -0.2) is 71.1 Å². The van der Waals surface area contributed by atoms with Crippen LogP contribution in [0, 0.1) is 0 Å². The molecule has 0 heterocycles. The van der Waals surface area contributed by atoms with Gasteiger partial charge < -0.3 is 31.6 Å². The second kappa shape index (κ2) is 21.5. The third kappa shape index (κ3) is 300. The first-order valence-corrected chi connectivity index (χ1v) is 5.82. The fourth-order valence-electron chi connectivity index (χ4n) is 0.258. The molecule has 0 spiro atoms. The van der Waals surface area contributed by atoms with E-state index in [0.29, 0.717) is 6.42 Å². The van der Waals surface area contributed by atoms with Gasteiger partial charge in [0.2, 0.25) is 0 Å². The van der Waals surface area contributed by atoms with E-state index in [1.165, 1.54) is 0 Å². The molecule has 0 aliphatic carbocycles. The monoisotopic (exact) mass is 324 g/mol. The molecule has 17 heteroatoms. The van der Waals surface area contributed by atoms with Crippen LogP contribution in [0.4, 0.5) is 12.9 Å². The van der Waals surface area contributed by atoms with Crippen molar-refractivity contribution in [3.05, 3.63) is 0 Å². The minimum Gasteiger partial charge on any atom is -1.00 e. The van der Waals surface area contributed by atoms with E-state index < -0.39 is 32.3 Å². The largest absolute Gasteiger partial charge is 1.00 e. The smallest absolute Gasteiger partial charge is 1.00 e. The molecule has 0 unspecified atom stereocenters. The summed E-state index contributed by atoms with van der Waals surface area (Å²) in [5.41, 5.74) is 0. The molecule has 9 nitrogen and oxygen atoms in total. The third-order valence-electron chi connectivity index (χ3n) is 0.462. The van der Waals surface area contributed by atoms with Gasteiger partial charge in [-0.05, 0) is 6.42 Å². The summed E-state index contributed by atoms with van der Waals surface area (Å²) in [6, 6.07) is 0. The van der Waals surface area contributed by atoms with Crippen LogP contribution in [0.1, 0.15) is 14.8 Å². The van der Waals surface area contributed by atoms with Gasteiger partial charge in [0.05, 0.1) is 5.75 Å². The number of rotatable bonds is 2. The van der Waals surface area contributed by atoms with Crippen molar-refractivity contribution < 1.29 is 76.3 Å². The predicted molar refractivity (Wildman–Crippen MR) is 61.7 cm³/mol. The number of hydrogen-bond acceptors (Lipinski definition) is 8. The first-order valence-electron chi connectivity index (χ1n) is 4.22. The van der Waals surface area contributed by atoms with Crippen LogP contribution in [-0.2, 0) is 10.1 Å². The Kier molecular flexibility index (Phi) is 34.8. The summed E-state index contributed by atoms with van der Waals surface area (Å²) < 4.78 is 57.9. The summed E-state index contributed by atoms with van der Waals surface area (Å²) in [6.45, 7) is 1.69. The second-order valence-electron chi connectivity index (χ2n) is 2.22. The Bertz CT molecular complexity index is 239. The Morgan fingerprint density at radius 2 is 1.05 bits per heavy atom. The third-order valence-corrected chi connectivity index (χ3v) is 1.39. The fraction of sp³-hybridized carbons (Fsp3) is 1.00. The maximum Gasteiger partial charge on any atom is 1.00 e. The van der Waals surface area contributed by atoms with E-state index in [9.17, 15) is 21.4 Å². The van der Waals surface area contributed by atoms with Crippen molar-refractivity contribution in [2.75, 3.05) is 5.75 Å². The van der Waals surface area contributed by atoms with Gasteiger partial charge in [-0.15, -0.1) is 0 Å². The van der Waals surface area contributed by atoms with Crippen LogP contribution in [0.5, 0.6) is 0 Å². The summed E-state index contributed by atoms with van der Waals surface area (Å²) in [6.07, 6.45) is 0.471. The molecule has 0 aliphatic heterocycles. The summed E-state index contributed by atoms with van der Waals surface area (Å²) in [5.74, 6) is -0.132. The Balaban J connectivity index is -0.0000000359.